The van der Waals surface area contributed by atoms with Crippen molar-refractivity contribution in [1.29, 1.82) is 0 Å². The van der Waals surface area contributed by atoms with Gasteiger partial charge >= 0.3 is 0 Å². The number of benzene rings is 1. The number of anilines is 1. The first kappa shape index (κ1) is 16.6. The topological polar surface area (TPSA) is 58.2 Å². The van der Waals surface area contributed by atoms with Crippen molar-refractivity contribution in [2.24, 2.45) is 0 Å². The SMILES string of the molecule is CCNc1ccccc1S(=O)(=O)NC1CCCC1SCC. The number of para-hydroxylation sites is 1. The molecule has 118 valence electrons. The normalized spacial score (nSPS) is 22.4. The molecule has 0 aliphatic heterocycles. The van der Waals surface area contributed by atoms with E-state index in [-0.39, 0.29) is 6.04 Å². The van der Waals surface area contributed by atoms with Crippen molar-refractivity contribution < 1.29 is 8.42 Å². The molecular weight excluding hydrogens is 304 g/mol. The summed E-state index contributed by atoms with van der Waals surface area (Å²) in [6.45, 7) is 4.78. The van der Waals surface area contributed by atoms with Crippen molar-refractivity contribution in [2.45, 2.75) is 49.3 Å². The van der Waals surface area contributed by atoms with E-state index in [9.17, 15) is 8.42 Å². The minimum absolute atomic E-state index is 0.0506. The smallest absolute Gasteiger partial charge is 0.242 e. The van der Waals surface area contributed by atoms with E-state index in [2.05, 4.69) is 17.0 Å². The maximum absolute atomic E-state index is 12.7. The Kier molecular flexibility index (Phi) is 5.96. The molecule has 0 bridgehead atoms. The van der Waals surface area contributed by atoms with E-state index in [0.29, 0.717) is 22.4 Å². The van der Waals surface area contributed by atoms with E-state index in [4.69, 9.17) is 0 Å². The quantitative estimate of drug-likeness (QED) is 0.807. The third-order valence-corrected chi connectivity index (χ3v) is 6.56. The fraction of sp³-hybridized carbons (Fsp3) is 0.600. The van der Waals surface area contributed by atoms with Crippen LogP contribution in [0.4, 0.5) is 5.69 Å². The zero-order valence-corrected chi connectivity index (χ0v) is 14.3. The molecule has 2 N–H and O–H groups in total. The van der Waals surface area contributed by atoms with Crippen LogP contribution in [0.2, 0.25) is 0 Å². The van der Waals surface area contributed by atoms with Crippen LogP contribution in [0.3, 0.4) is 0 Å². The Morgan fingerprint density at radius 3 is 2.71 bits per heavy atom. The molecule has 6 heteroatoms. The van der Waals surface area contributed by atoms with Crippen molar-refractivity contribution in [3.05, 3.63) is 24.3 Å². The largest absolute Gasteiger partial charge is 0.384 e. The summed E-state index contributed by atoms with van der Waals surface area (Å²) in [6, 6.07) is 7.14. The van der Waals surface area contributed by atoms with E-state index >= 15 is 0 Å². The fourth-order valence-corrected chi connectivity index (χ4v) is 5.55. The van der Waals surface area contributed by atoms with Gasteiger partial charge in [0.25, 0.3) is 0 Å². The molecule has 2 atom stereocenters. The number of thioether (sulfide) groups is 1. The average Bonchev–Trinajstić information content (AvgIpc) is 2.87. The summed E-state index contributed by atoms with van der Waals surface area (Å²) < 4.78 is 28.3. The second-order valence-electron chi connectivity index (χ2n) is 5.18. The summed E-state index contributed by atoms with van der Waals surface area (Å²) in [5, 5.41) is 3.52. The highest BCUT2D eigenvalue weighted by atomic mass is 32.2. The van der Waals surface area contributed by atoms with Gasteiger partial charge in [-0.1, -0.05) is 25.5 Å². The Labute approximate surface area is 132 Å². The lowest BCUT2D eigenvalue weighted by molar-refractivity contribution is 0.555. The summed E-state index contributed by atoms with van der Waals surface area (Å²) >= 11 is 1.85. The molecule has 1 aliphatic carbocycles. The van der Waals surface area contributed by atoms with Crippen LogP contribution in [0.25, 0.3) is 0 Å². The molecule has 0 amide bonds. The molecular formula is C15H24N2O2S2. The molecule has 1 aromatic rings. The average molecular weight is 329 g/mol. The van der Waals surface area contributed by atoms with Crippen LogP contribution < -0.4 is 10.0 Å². The van der Waals surface area contributed by atoms with Gasteiger partial charge in [-0.2, -0.15) is 11.8 Å². The van der Waals surface area contributed by atoms with E-state index in [1.807, 2.05) is 30.8 Å². The molecule has 21 heavy (non-hydrogen) atoms. The summed E-state index contributed by atoms with van der Waals surface area (Å²) in [4.78, 5) is 0.346. The number of sulfonamides is 1. The summed E-state index contributed by atoms with van der Waals surface area (Å²) in [6.07, 6.45) is 3.13. The standard InChI is InChI=1S/C15H24N2O2S2/c1-3-16-13-8-5-6-11-15(13)21(18,19)17-12-9-7-10-14(12)20-4-2/h5-6,8,11-12,14,16-17H,3-4,7,9-10H2,1-2H3. The maximum atomic E-state index is 12.7. The first-order chi connectivity index (χ1) is 10.1. The lowest BCUT2D eigenvalue weighted by Gasteiger charge is -2.21. The van der Waals surface area contributed by atoms with Crippen molar-refractivity contribution in [2.75, 3.05) is 17.6 Å². The predicted octanol–water partition coefficient (Wildman–Crippen LogP) is 3.07. The first-order valence-corrected chi connectivity index (χ1v) is 10.1. The molecule has 0 radical (unpaired) electrons. The third-order valence-electron chi connectivity index (χ3n) is 3.68. The van der Waals surface area contributed by atoms with Crippen molar-refractivity contribution in [3.8, 4) is 0 Å². The monoisotopic (exact) mass is 328 g/mol. The zero-order valence-electron chi connectivity index (χ0n) is 12.6. The molecule has 0 heterocycles. The van der Waals surface area contributed by atoms with Gasteiger partial charge in [0.05, 0.1) is 5.69 Å². The highest BCUT2D eigenvalue weighted by molar-refractivity contribution is 8.00. The number of hydrogen-bond donors (Lipinski definition) is 2. The lowest BCUT2D eigenvalue weighted by Crippen LogP contribution is -2.39. The Morgan fingerprint density at radius 1 is 1.24 bits per heavy atom. The van der Waals surface area contributed by atoms with Crippen LogP contribution in [0.15, 0.2) is 29.2 Å². The maximum Gasteiger partial charge on any atom is 0.242 e. The van der Waals surface area contributed by atoms with Gasteiger partial charge in [-0.25, -0.2) is 13.1 Å². The molecule has 1 fully saturated rings. The van der Waals surface area contributed by atoms with Gasteiger partial charge in [0.15, 0.2) is 0 Å². The molecule has 0 spiro atoms. The van der Waals surface area contributed by atoms with E-state index in [0.717, 1.165) is 25.0 Å². The van der Waals surface area contributed by atoms with Crippen LogP contribution >= 0.6 is 11.8 Å². The van der Waals surface area contributed by atoms with Crippen LogP contribution in [-0.4, -0.2) is 32.0 Å². The summed E-state index contributed by atoms with van der Waals surface area (Å²) in [5.74, 6) is 1.02. The molecule has 1 aliphatic rings. The molecule has 0 aromatic heterocycles. The number of rotatable bonds is 7. The minimum Gasteiger partial charge on any atom is -0.384 e. The van der Waals surface area contributed by atoms with Gasteiger partial charge in [0.2, 0.25) is 10.0 Å². The van der Waals surface area contributed by atoms with Gasteiger partial charge in [-0.3, -0.25) is 0 Å². The molecule has 1 aromatic carbocycles. The summed E-state index contributed by atoms with van der Waals surface area (Å²) in [5.41, 5.74) is 0.671. The fourth-order valence-electron chi connectivity index (χ4n) is 2.77. The van der Waals surface area contributed by atoms with Gasteiger partial charge in [0.1, 0.15) is 4.90 Å². The second kappa shape index (κ2) is 7.51. The van der Waals surface area contributed by atoms with Gasteiger partial charge in [-0.15, -0.1) is 0 Å². The highest BCUT2D eigenvalue weighted by Crippen LogP contribution is 2.31. The molecule has 4 nitrogen and oxygen atoms in total. The van der Waals surface area contributed by atoms with Gasteiger partial charge < -0.3 is 5.32 Å². The Bertz CT molecular complexity index is 561. The Hall–Kier alpha value is -0.720. The molecule has 0 saturated heterocycles. The van der Waals surface area contributed by atoms with Crippen molar-refractivity contribution in [1.82, 2.24) is 4.72 Å². The second-order valence-corrected chi connectivity index (χ2v) is 8.38. The van der Waals surface area contributed by atoms with Crippen LogP contribution in [0.5, 0.6) is 0 Å². The highest BCUT2D eigenvalue weighted by Gasteiger charge is 2.31. The van der Waals surface area contributed by atoms with Crippen molar-refractivity contribution >= 4 is 27.5 Å². The molecule has 2 unspecified atom stereocenters. The van der Waals surface area contributed by atoms with Gasteiger partial charge in [-0.05, 0) is 37.7 Å². The molecule has 1 saturated carbocycles. The Morgan fingerprint density at radius 2 is 2.00 bits per heavy atom. The van der Waals surface area contributed by atoms with Crippen LogP contribution in [0, 0.1) is 0 Å². The van der Waals surface area contributed by atoms with Crippen molar-refractivity contribution in [3.63, 3.8) is 0 Å². The molecule has 2 rings (SSSR count). The third kappa shape index (κ3) is 4.14. The minimum atomic E-state index is -3.47. The zero-order chi connectivity index (χ0) is 15.3. The van der Waals surface area contributed by atoms with E-state index in [1.54, 1.807) is 12.1 Å². The predicted molar refractivity (Wildman–Crippen MR) is 90.5 cm³/mol. The Balaban J connectivity index is 2.18. The van der Waals surface area contributed by atoms with E-state index < -0.39 is 10.0 Å². The number of nitrogens with one attached hydrogen (secondary N) is 2. The lowest BCUT2D eigenvalue weighted by atomic mass is 10.3. The number of hydrogen-bond acceptors (Lipinski definition) is 4. The van der Waals surface area contributed by atoms with E-state index in [1.165, 1.54) is 0 Å². The first-order valence-electron chi connectivity index (χ1n) is 7.55. The van der Waals surface area contributed by atoms with Crippen LogP contribution in [0.1, 0.15) is 33.1 Å². The summed E-state index contributed by atoms with van der Waals surface area (Å²) in [7, 11) is -3.47. The van der Waals surface area contributed by atoms with Crippen LogP contribution in [-0.2, 0) is 10.0 Å². The van der Waals surface area contributed by atoms with Gasteiger partial charge in [0, 0.05) is 17.8 Å².